The summed E-state index contributed by atoms with van der Waals surface area (Å²) in [5.41, 5.74) is 0.519. The number of ketones is 1. The molecule has 18 heavy (non-hydrogen) atoms. The topological polar surface area (TPSA) is 59.3 Å². The summed E-state index contributed by atoms with van der Waals surface area (Å²) in [6.07, 6.45) is 2.90. The van der Waals surface area contributed by atoms with Crippen molar-refractivity contribution in [3.8, 4) is 0 Å². The molecular formula is C13H10ClNO3. The van der Waals surface area contributed by atoms with Crippen molar-refractivity contribution in [3.05, 3.63) is 58.4 Å². The van der Waals surface area contributed by atoms with Gasteiger partial charge in [-0.1, -0.05) is 23.7 Å². The van der Waals surface area contributed by atoms with Crippen molar-refractivity contribution in [1.82, 2.24) is 4.57 Å². The van der Waals surface area contributed by atoms with Crippen LogP contribution in [0.5, 0.6) is 0 Å². The van der Waals surface area contributed by atoms with E-state index in [4.69, 9.17) is 16.7 Å². The predicted molar refractivity (Wildman–Crippen MR) is 67.3 cm³/mol. The average molecular weight is 264 g/mol. The highest BCUT2D eigenvalue weighted by Crippen LogP contribution is 2.18. The van der Waals surface area contributed by atoms with Crippen LogP contribution in [-0.2, 0) is 7.05 Å². The van der Waals surface area contributed by atoms with Crippen LogP contribution >= 0.6 is 11.6 Å². The normalized spacial score (nSPS) is 10.3. The quantitative estimate of drug-likeness (QED) is 0.866. The molecule has 0 atom stereocenters. The number of aryl methyl sites for hydroxylation is 1. The highest BCUT2D eigenvalue weighted by molar-refractivity contribution is 6.31. The molecule has 0 unspecified atom stereocenters. The van der Waals surface area contributed by atoms with Gasteiger partial charge in [-0.3, -0.25) is 4.79 Å². The third-order valence-corrected chi connectivity index (χ3v) is 2.75. The lowest BCUT2D eigenvalue weighted by Crippen LogP contribution is -2.06. The van der Waals surface area contributed by atoms with E-state index in [2.05, 4.69) is 0 Å². The number of aromatic carboxylic acids is 1. The summed E-state index contributed by atoms with van der Waals surface area (Å²) in [7, 11) is 1.67. The van der Waals surface area contributed by atoms with E-state index in [1.165, 1.54) is 18.5 Å². The van der Waals surface area contributed by atoms with Gasteiger partial charge in [0.05, 0.1) is 11.1 Å². The molecule has 4 nitrogen and oxygen atoms in total. The van der Waals surface area contributed by atoms with Crippen molar-refractivity contribution in [3.63, 3.8) is 0 Å². The van der Waals surface area contributed by atoms with Crippen LogP contribution < -0.4 is 0 Å². The van der Waals surface area contributed by atoms with Gasteiger partial charge in [-0.05, 0) is 12.1 Å². The van der Waals surface area contributed by atoms with E-state index in [0.29, 0.717) is 10.6 Å². The summed E-state index contributed by atoms with van der Waals surface area (Å²) >= 11 is 5.81. The molecule has 0 fully saturated rings. The summed E-state index contributed by atoms with van der Waals surface area (Å²) < 4.78 is 1.54. The molecule has 2 aromatic rings. The van der Waals surface area contributed by atoms with E-state index in [1.54, 1.807) is 29.8 Å². The van der Waals surface area contributed by atoms with Crippen molar-refractivity contribution in [2.24, 2.45) is 7.05 Å². The average Bonchev–Trinajstić information content (AvgIpc) is 2.70. The maximum Gasteiger partial charge on any atom is 0.337 e. The molecule has 0 amide bonds. The van der Waals surface area contributed by atoms with Crippen LogP contribution in [0.3, 0.4) is 0 Å². The Labute approximate surface area is 108 Å². The van der Waals surface area contributed by atoms with Gasteiger partial charge in [-0.15, -0.1) is 0 Å². The molecule has 0 aliphatic carbocycles. The highest BCUT2D eigenvalue weighted by Gasteiger charge is 2.20. The van der Waals surface area contributed by atoms with E-state index in [9.17, 15) is 9.59 Å². The fourth-order valence-electron chi connectivity index (χ4n) is 1.72. The maximum atomic E-state index is 12.2. The van der Waals surface area contributed by atoms with Crippen molar-refractivity contribution in [2.75, 3.05) is 0 Å². The monoisotopic (exact) mass is 263 g/mol. The summed E-state index contributed by atoms with van der Waals surface area (Å²) in [5, 5.41) is 9.48. The number of carbonyl (C=O) groups is 2. The Morgan fingerprint density at radius 2 is 1.89 bits per heavy atom. The smallest absolute Gasteiger partial charge is 0.337 e. The van der Waals surface area contributed by atoms with Crippen LogP contribution in [0.1, 0.15) is 26.3 Å². The number of benzene rings is 1. The second kappa shape index (κ2) is 4.66. The van der Waals surface area contributed by atoms with E-state index >= 15 is 0 Å². The van der Waals surface area contributed by atoms with Gasteiger partial charge in [-0.25, -0.2) is 4.79 Å². The van der Waals surface area contributed by atoms with Crippen molar-refractivity contribution < 1.29 is 14.7 Å². The first-order valence-electron chi connectivity index (χ1n) is 5.18. The van der Waals surface area contributed by atoms with Gasteiger partial charge in [0.1, 0.15) is 0 Å². The Kier molecular flexibility index (Phi) is 3.21. The molecule has 0 spiro atoms. The zero-order chi connectivity index (χ0) is 13.3. The number of carbonyl (C=O) groups excluding carboxylic acids is 1. The zero-order valence-corrected chi connectivity index (χ0v) is 10.3. The van der Waals surface area contributed by atoms with Gasteiger partial charge in [0.2, 0.25) is 0 Å². The molecule has 2 rings (SSSR count). The lowest BCUT2D eigenvalue weighted by molar-refractivity contribution is 0.0693. The first-order chi connectivity index (χ1) is 8.49. The van der Waals surface area contributed by atoms with Crippen LogP contribution in [0.15, 0.2) is 36.7 Å². The minimum atomic E-state index is -1.12. The number of carboxylic acids is 1. The molecule has 0 saturated carbocycles. The van der Waals surface area contributed by atoms with Crippen molar-refractivity contribution in [1.29, 1.82) is 0 Å². The molecule has 0 aliphatic heterocycles. The van der Waals surface area contributed by atoms with Crippen LogP contribution in [0.2, 0.25) is 5.02 Å². The third kappa shape index (κ3) is 2.28. The fraction of sp³-hybridized carbons (Fsp3) is 0.0769. The number of halogens is 1. The van der Waals surface area contributed by atoms with Crippen molar-refractivity contribution in [2.45, 2.75) is 0 Å². The number of hydrogen-bond acceptors (Lipinski definition) is 2. The Balaban J connectivity index is 2.49. The van der Waals surface area contributed by atoms with E-state index in [0.717, 1.165) is 0 Å². The SMILES string of the molecule is Cn1cc(C(=O)O)c(C(=O)c2cccc(Cl)c2)c1. The first kappa shape index (κ1) is 12.4. The number of hydrogen-bond donors (Lipinski definition) is 1. The Bertz CT molecular complexity index is 631. The number of carboxylic acid groups (broad SMARTS) is 1. The van der Waals surface area contributed by atoms with Crippen LogP contribution in [0.25, 0.3) is 0 Å². The van der Waals surface area contributed by atoms with Gasteiger partial charge in [0, 0.05) is 30.0 Å². The van der Waals surface area contributed by atoms with E-state index < -0.39 is 5.97 Å². The molecular weight excluding hydrogens is 254 g/mol. The maximum absolute atomic E-state index is 12.2. The van der Waals surface area contributed by atoms with Crippen LogP contribution in [0.4, 0.5) is 0 Å². The molecule has 92 valence electrons. The van der Waals surface area contributed by atoms with Crippen LogP contribution in [0, 0.1) is 0 Å². The second-order valence-electron chi connectivity index (χ2n) is 3.90. The number of aromatic nitrogens is 1. The van der Waals surface area contributed by atoms with Crippen molar-refractivity contribution >= 4 is 23.4 Å². The standard InChI is InChI=1S/C13H10ClNO3/c1-15-6-10(11(7-15)13(17)18)12(16)8-3-2-4-9(14)5-8/h2-7H,1H3,(H,17,18). The Morgan fingerprint density at radius 1 is 1.22 bits per heavy atom. The van der Waals surface area contributed by atoms with E-state index in [-0.39, 0.29) is 16.9 Å². The molecule has 1 aromatic heterocycles. The third-order valence-electron chi connectivity index (χ3n) is 2.52. The summed E-state index contributed by atoms with van der Waals surface area (Å²) in [5.74, 6) is -1.48. The molecule has 0 saturated heterocycles. The van der Waals surface area contributed by atoms with Gasteiger partial charge < -0.3 is 9.67 Å². The van der Waals surface area contributed by atoms with E-state index in [1.807, 2.05) is 0 Å². The second-order valence-corrected chi connectivity index (χ2v) is 4.33. The Hall–Kier alpha value is -2.07. The lowest BCUT2D eigenvalue weighted by Gasteiger charge is -2.00. The van der Waals surface area contributed by atoms with Gasteiger partial charge >= 0.3 is 5.97 Å². The molecule has 0 aliphatic rings. The number of rotatable bonds is 3. The van der Waals surface area contributed by atoms with Gasteiger partial charge in [-0.2, -0.15) is 0 Å². The number of nitrogens with zero attached hydrogens (tertiary/aromatic N) is 1. The van der Waals surface area contributed by atoms with Gasteiger partial charge in [0.25, 0.3) is 0 Å². The van der Waals surface area contributed by atoms with Gasteiger partial charge in [0.15, 0.2) is 5.78 Å². The molecule has 1 N–H and O–H groups in total. The Morgan fingerprint density at radius 3 is 2.50 bits per heavy atom. The summed E-state index contributed by atoms with van der Waals surface area (Å²) in [6, 6.07) is 6.43. The minimum Gasteiger partial charge on any atom is -0.478 e. The summed E-state index contributed by atoms with van der Waals surface area (Å²) in [6.45, 7) is 0. The molecule has 1 heterocycles. The minimum absolute atomic E-state index is 0.0116. The largest absolute Gasteiger partial charge is 0.478 e. The van der Waals surface area contributed by atoms with Crippen LogP contribution in [-0.4, -0.2) is 21.4 Å². The molecule has 0 bridgehead atoms. The lowest BCUT2D eigenvalue weighted by atomic mass is 10.0. The fourth-order valence-corrected chi connectivity index (χ4v) is 1.91. The predicted octanol–water partition coefficient (Wildman–Crippen LogP) is 2.61. The molecule has 0 radical (unpaired) electrons. The first-order valence-corrected chi connectivity index (χ1v) is 5.56. The molecule has 5 heteroatoms. The molecule has 1 aromatic carbocycles. The zero-order valence-electron chi connectivity index (χ0n) is 9.55. The summed E-state index contributed by atoms with van der Waals surface area (Å²) in [4.78, 5) is 23.2. The highest BCUT2D eigenvalue weighted by atomic mass is 35.5.